The third-order valence-corrected chi connectivity index (χ3v) is 5.46. The summed E-state index contributed by atoms with van der Waals surface area (Å²) >= 11 is 5.64. The molecule has 1 aromatic heterocycles. The van der Waals surface area contributed by atoms with Gasteiger partial charge in [-0.1, -0.05) is 29.3 Å². The third kappa shape index (κ3) is 4.57. The Bertz CT molecular complexity index is 1060. The zero-order chi connectivity index (χ0) is 19.4. The molecule has 0 aliphatic carbocycles. The summed E-state index contributed by atoms with van der Waals surface area (Å²) in [5.74, 6) is 1.49. The maximum Gasteiger partial charge on any atom is 0.282 e. The normalized spacial score (nSPS) is 11.4. The van der Waals surface area contributed by atoms with Crippen molar-refractivity contribution in [1.82, 2.24) is 9.66 Å². The van der Waals surface area contributed by atoms with Gasteiger partial charge in [0.15, 0.2) is 0 Å². The molecule has 0 atom stereocenters. The molecule has 0 aliphatic heterocycles. The van der Waals surface area contributed by atoms with E-state index >= 15 is 0 Å². The lowest BCUT2D eigenvalue weighted by molar-refractivity contribution is 0.412. The molecule has 0 unspecified atom stereocenters. The van der Waals surface area contributed by atoms with Gasteiger partial charge < -0.3 is 4.74 Å². The van der Waals surface area contributed by atoms with Crippen molar-refractivity contribution in [2.24, 2.45) is 5.10 Å². The van der Waals surface area contributed by atoms with Gasteiger partial charge in [0.1, 0.15) is 11.6 Å². The highest BCUT2D eigenvalue weighted by Gasteiger charge is 2.11. The zero-order valence-electron chi connectivity index (χ0n) is 15.1. The van der Waals surface area contributed by atoms with E-state index in [9.17, 15) is 4.79 Å². The highest BCUT2D eigenvalue weighted by Crippen LogP contribution is 2.21. The predicted molar refractivity (Wildman–Crippen MR) is 121 cm³/mol. The topological polar surface area (TPSA) is 56.5 Å². The average molecular weight is 540 g/mol. The fraction of sp³-hybridized carbons (Fsp3) is 0.250. The van der Waals surface area contributed by atoms with E-state index in [0.717, 1.165) is 32.2 Å². The first-order chi connectivity index (χ1) is 13.0. The van der Waals surface area contributed by atoms with Crippen LogP contribution in [-0.2, 0) is 6.42 Å². The quantitative estimate of drug-likeness (QED) is 0.327. The number of nitrogens with zero attached hydrogens (tertiary/aromatic N) is 3. The van der Waals surface area contributed by atoms with Crippen molar-refractivity contribution in [3.8, 4) is 5.75 Å². The number of hydrogen-bond acceptors (Lipinski definition) is 4. The molecule has 27 heavy (non-hydrogen) atoms. The van der Waals surface area contributed by atoms with Gasteiger partial charge >= 0.3 is 0 Å². The number of aromatic nitrogens is 2. The summed E-state index contributed by atoms with van der Waals surface area (Å²) in [7, 11) is 1.64. The fourth-order valence-electron chi connectivity index (χ4n) is 2.70. The molecule has 1 heterocycles. The van der Waals surface area contributed by atoms with Crippen LogP contribution in [-0.4, -0.2) is 23.0 Å². The van der Waals surface area contributed by atoms with E-state index in [1.165, 1.54) is 4.68 Å². The van der Waals surface area contributed by atoms with Crippen LogP contribution < -0.4 is 10.3 Å². The molecular formula is C20H19BrIN3O2. The minimum atomic E-state index is -0.160. The number of rotatable bonds is 6. The van der Waals surface area contributed by atoms with Crippen LogP contribution in [0.5, 0.6) is 5.75 Å². The van der Waals surface area contributed by atoms with Gasteiger partial charge in [0.2, 0.25) is 0 Å². The Morgan fingerprint density at radius 3 is 2.81 bits per heavy atom. The van der Waals surface area contributed by atoms with E-state index < -0.39 is 0 Å². The number of fused-ring (bicyclic) bond motifs is 1. The summed E-state index contributed by atoms with van der Waals surface area (Å²) in [6.45, 7) is 2.11. The molecular weight excluding hydrogens is 521 g/mol. The minimum absolute atomic E-state index is 0.160. The minimum Gasteiger partial charge on any atom is -0.496 e. The first-order valence-electron chi connectivity index (χ1n) is 8.62. The summed E-state index contributed by atoms with van der Waals surface area (Å²) in [5, 5.41) is 5.01. The molecule has 7 heteroatoms. The molecule has 0 saturated carbocycles. The van der Waals surface area contributed by atoms with Crippen molar-refractivity contribution in [2.45, 2.75) is 26.2 Å². The molecule has 0 amide bonds. The van der Waals surface area contributed by atoms with Crippen LogP contribution >= 0.6 is 38.5 Å². The Morgan fingerprint density at radius 1 is 1.30 bits per heavy atom. The number of aryl methyl sites for hydroxylation is 1. The number of halogens is 2. The Balaban J connectivity index is 2.09. The average Bonchev–Trinajstić information content (AvgIpc) is 2.66. The lowest BCUT2D eigenvalue weighted by Crippen LogP contribution is -2.22. The number of hydrogen-bond donors (Lipinski definition) is 0. The van der Waals surface area contributed by atoms with E-state index in [4.69, 9.17) is 4.74 Å². The number of ether oxygens (including phenoxy) is 1. The van der Waals surface area contributed by atoms with E-state index in [1.54, 1.807) is 19.4 Å². The van der Waals surface area contributed by atoms with Gasteiger partial charge in [-0.2, -0.15) is 9.78 Å². The van der Waals surface area contributed by atoms with Crippen LogP contribution in [0.25, 0.3) is 10.9 Å². The molecule has 0 saturated heterocycles. The summed E-state index contributed by atoms with van der Waals surface area (Å²) < 4.78 is 8.53. The summed E-state index contributed by atoms with van der Waals surface area (Å²) in [6, 6.07) is 11.3. The first-order valence-corrected chi connectivity index (χ1v) is 10.5. The van der Waals surface area contributed by atoms with Crippen molar-refractivity contribution < 1.29 is 4.74 Å². The second kappa shape index (κ2) is 8.97. The van der Waals surface area contributed by atoms with Crippen molar-refractivity contribution in [3.63, 3.8) is 0 Å². The predicted octanol–water partition coefficient (Wildman–Crippen LogP) is 5.00. The maximum atomic E-state index is 13.0. The molecule has 0 bridgehead atoms. The van der Waals surface area contributed by atoms with Gasteiger partial charge in [-0.15, -0.1) is 0 Å². The molecule has 0 aliphatic rings. The second-order valence-corrected chi connectivity index (χ2v) is 8.13. The number of unbranched alkanes of at least 4 members (excludes halogenated alkanes) is 1. The van der Waals surface area contributed by atoms with Crippen molar-refractivity contribution in [2.75, 3.05) is 7.11 Å². The molecule has 3 aromatic rings. The van der Waals surface area contributed by atoms with E-state index in [1.807, 2.05) is 30.3 Å². The third-order valence-electron chi connectivity index (χ3n) is 4.13. The van der Waals surface area contributed by atoms with Crippen molar-refractivity contribution in [1.29, 1.82) is 0 Å². The van der Waals surface area contributed by atoms with E-state index in [0.29, 0.717) is 23.1 Å². The Hall–Kier alpha value is -1.74. The van der Waals surface area contributed by atoms with Gasteiger partial charge in [0, 0.05) is 10.9 Å². The molecule has 0 fully saturated rings. The van der Waals surface area contributed by atoms with Gasteiger partial charge in [0.05, 0.1) is 27.8 Å². The number of methoxy groups -OCH3 is 1. The number of benzene rings is 2. The van der Waals surface area contributed by atoms with Gasteiger partial charge in [-0.25, -0.2) is 4.98 Å². The monoisotopic (exact) mass is 539 g/mol. The highest BCUT2D eigenvalue weighted by molar-refractivity contribution is 14.1. The summed E-state index contributed by atoms with van der Waals surface area (Å²) in [6.07, 6.45) is 4.36. The highest BCUT2D eigenvalue weighted by atomic mass is 127. The van der Waals surface area contributed by atoms with Crippen LogP contribution in [0.15, 0.2) is 50.8 Å². The first kappa shape index (κ1) is 20.0. The van der Waals surface area contributed by atoms with Crippen molar-refractivity contribution in [3.05, 3.63) is 66.2 Å². The standard InChI is InChI=1S/C20H19BrIN3O2/c1-3-4-5-19-24-17-8-7-14(21)11-15(17)20(26)25(19)23-12-13-6-9-18(27-2)16(22)10-13/h6-12H,3-5H2,1-2H3. The smallest absolute Gasteiger partial charge is 0.282 e. The van der Waals surface area contributed by atoms with Crippen LogP contribution in [0.1, 0.15) is 31.2 Å². The lowest BCUT2D eigenvalue weighted by atomic mass is 10.2. The lowest BCUT2D eigenvalue weighted by Gasteiger charge is -2.09. The molecule has 2 aromatic carbocycles. The molecule has 3 rings (SSSR count). The molecule has 0 spiro atoms. The maximum absolute atomic E-state index is 13.0. The molecule has 0 radical (unpaired) electrons. The van der Waals surface area contributed by atoms with Crippen LogP contribution in [0.3, 0.4) is 0 Å². The van der Waals surface area contributed by atoms with E-state index in [2.05, 4.69) is 55.5 Å². The van der Waals surface area contributed by atoms with Gasteiger partial charge in [-0.05, 0) is 71.0 Å². The summed E-state index contributed by atoms with van der Waals surface area (Å²) in [4.78, 5) is 17.7. The Kier molecular flexibility index (Phi) is 6.64. The second-order valence-electron chi connectivity index (χ2n) is 6.05. The molecule has 140 valence electrons. The SMILES string of the molecule is CCCCc1nc2ccc(Br)cc2c(=O)n1N=Cc1ccc(OC)c(I)c1. The van der Waals surface area contributed by atoms with Crippen LogP contribution in [0, 0.1) is 3.57 Å². The largest absolute Gasteiger partial charge is 0.496 e. The van der Waals surface area contributed by atoms with E-state index in [-0.39, 0.29) is 5.56 Å². The van der Waals surface area contributed by atoms with Crippen LogP contribution in [0.4, 0.5) is 0 Å². The van der Waals surface area contributed by atoms with Crippen LogP contribution in [0.2, 0.25) is 0 Å². The molecule has 0 N–H and O–H groups in total. The Morgan fingerprint density at radius 2 is 2.11 bits per heavy atom. The zero-order valence-corrected chi connectivity index (χ0v) is 18.8. The van der Waals surface area contributed by atoms with Crippen molar-refractivity contribution >= 4 is 55.6 Å². The summed E-state index contributed by atoms with van der Waals surface area (Å²) in [5.41, 5.74) is 1.43. The molecule has 5 nitrogen and oxygen atoms in total. The fourth-order valence-corrected chi connectivity index (χ4v) is 3.82. The van der Waals surface area contributed by atoms with Gasteiger partial charge in [-0.3, -0.25) is 4.79 Å². The van der Waals surface area contributed by atoms with Gasteiger partial charge in [0.25, 0.3) is 5.56 Å². The Labute approximate surface area is 179 Å².